The van der Waals surface area contributed by atoms with Crippen LogP contribution in [-0.4, -0.2) is 46.5 Å². The molecule has 2 heterocycles. The van der Waals surface area contributed by atoms with E-state index in [9.17, 15) is 9.18 Å². The van der Waals surface area contributed by atoms with Crippen molar-refractivity contribution in [3.63, 3.8) is 0 Å². The second kappa shape index (κ2) is 7.55. The molecule has 0 saturated carbocycles. The van der Waals surface area contributed by atoms with E-state index in [1.54, 1.807) is 18.3 Å². The van der Waals surface area contributed by atoms with E-state index in [2.05, 4.69) is 20.5 Å². The number of aryl methyl sites for hydroxylation is 1. The Morgan fingerprint density at radius 1 is 1.50 bits per heavy atom. The molecule has 1 fully saturated rings. The minimum absolute atomic E-state index is 0.113. The molecule has 2 aromatic rings. The van der Waals surface area contributed by atoms with Crippen molar-refractivity contribution in [3.8, 4) is 0 Å². The number of nitrogens with one attached hydrogen (secondary N) is 2. The van der Waals surface area contributed by atoms with Gasteiger partial charge in [0.25, 0.3) is 0 Å². The van der Waals surface area contributed by atoms with Crippen molar-refractivity contribution < 1.29 is 9.18 Å². The van der Waals surface area contributed by atoms with Crippen LogP contribution in [-0.2, 0) is 11.8 Å². The average Bonchev–Trinajstić information content (AvgIpc) is 2.99. The lowest BCUT2D eigenvalue weighted by molar-refractivity contribution is -0.116. The van der Waals surface area contributed by atoms with Gasteiger partial charge < -0.3 is 15.2 Å². The van der Waals surface area contributed by atoms with E-state index in [-0.39, 0.29) is 17.8 Å². The molecule has 1 unspecified atom stereocenters. The molecule has 6 nitrogen and oxygen atoms in total. The van der Waals surface area contributed by atoms with Gasteiger partial charge in [0.2, 0.25) is 5.91 Å². The first-order valence-corrected chi connectivity index (χ1v) is 8.11. The van der Waals surface area contributed by atoms with E-state index in [4.69, 9.17) is 0 Å². The molecule has 24 heavy (non-hydrogen) atoms. The number of carbonyl (C=O) groups is 1. The maximum atomic E-state index is 13.2. The number of imidazole rings is 1. The van der Waals surface area contributed by atoms with Crippen molar-refractivity contribution in [1.29, 1.82) is 0 Å². The quantitative estimate of drug-likeness (QED) is 0.872. The van der Waals surface area contributed by atoms with Crippen molar-refractivity contribution in [2.24, 2.45) is 7.05 Å². The first-order valence-electron chi connectivity index (χ1n) is 8.11. The van der Waals surface area contributed by atoms with Crippen molar-refractivity contribution >= 4 is 11.6 Å². The van der Waals surface area contributed by atoms with Crippen molar-refractivity contribution in [2.45, 2.75) is 12.5 Å². The summed E-state index contributed by atoms with van der Waals surface area (Å²) < 4.78 is 15.2. The van der Waals surface area contributed by atoms with Gasteiger partial charge in [-0.1, -0.05) is 6.07 Å². The summed E-state index contributed by atoms with van der Waals surface area (Å²) in [5, 5.41) is 6.12. The SMILES string of the molecule is Cn1ccnc1C1CNCCN1CCC(=O)Nc1cccc(F)c1. The second-order valence-electron chi connectivity index (χ2n) is 5.96. The molecule has 3 rings (SSSR count). The molecule has 1 aliphatic heterocycles. The highest BCUT2D eigenvalue weighted by atomic mass is 19.1. The summed E-state index contributed by atoms with van der Waals surface area (Å²) in [6, 6.07) is 6.09. The van der Waals surface area contributed by atoms with E-state index < -0.39 is 0 Å². The predicted molar refractivity (Wildman–Crippen MR) is 90.0 cm³/mol. The van der Waals surface area contributed by atoms with Gasteiger partial charge in [-0.2, -0.15) is 0 Å². The topological polar surface area (TPSA) is 62.2 Å². The van der Waals surface area contributed by atoms with Gasteiger partial charge in [-0.25, -0.2) is 9.37 Å². The van der Waals surface area contributed by atoms with Crippen LogP contribution in [0.5, 0.6) is 0 Å². The third-order valence-corrected chi connectivity index (χ3v) is 4.25. The number of hydrogen-bond acceptors (Lipinski definition) is 4. The molecule has 1 amide bonds. The minimum atomic E-state index is -0.357. The second-order valence-corrected chi connectivity index (χ2v) is 5.96. The van der Waals surface area contributed by atoms with E-state index >= 15 is 0 Å². The first kappa shape index (κ1) is 16.6. The fourth-order valence-corrected chi connectivity index (χ4v) is 3.00. The number of benzene rings is 1. The molecular weight excluding hydrogens is 309 g/mol. The maximum Gasteiger partial charge on any atom is 0.225 e. The molecule has 0 radical (unpaired) electrons. The lowest BCUT2D eigenvalue weighted by Gasteiger charge is -2.35. The van der Waals surface area contributed by atoms with Crippen molar-refractivity contribution in [1.82, 2.24) is 19.8 Å². The normalized spacial score (nSPS) is 18.5. The fourth-order valence-electron chi connectivity index (χ4n) is 3.00. The monoisotopic (exact) mass is 331 g/mol. The van der Waals surface area contributed by atoms with E-state index in [0.29, 0.717) is 18.7 Å². The minimum Gasteiger partial charge on any atom is -0.337 e. The van der Waals surface area contributed by atoms with Gasteiger partial charge in [-0.15, -0.1) is 0 Å². The molecule has 1 aliphatic rings. The lowest BCUT2D eigenvalue weighted by Crippen LogP contribution is -2.47. The molecule has 2 N–H and O–H groups in total. The van der Waals surface area contributed by atoms with E-state index in [1.807, 2.05) is 17.8 Å². The summed E-state index contributed by atoms with van der Waals surface area (Å²) in [6.45, 7) is 3.22. The Bertz CT molecular complexity index is 702. The third-order valence-electron chi connectivity index (χ3n) is 4.25. The molecule has 1 aromatic carbocycles. The van der Waals surface area contributed by atoms with Crippen LogP contribution in [0.25, 0.3) is 0 Å². The molecule has 0 bridgehead atoms. The van der Waals surface area contributed by atoms with Crippen LogP contribution in [0.15, 0.2) is 36.7 Å². The third kappa shape index (κ3) is 3.98. The summed E-state index contributed by atoms with van der Waals surface area (Å²) >= 11 is 0. The van der Waals surface area contributed by atoms with Gasteiger partial charge in [0.05, 0.1) is 6.04 Å². The predicted octanol–water partition coefficient (Wildman–Crippen LogP) is 1.53. The number of aromatic nitrogens is 2. The summed E-state index contributed by atoms with van der Waals surface area (Å²) in [4.78, 5) is 18.8. The zero-order valence-electron chi connectivity index (χ0n) is 13.7. The number of carbonyl (C=O) groups excluding carboxylic acids is 1. The summed E-state index contributed by atoms with van der Waals surface area (Å²) in [7, 11) is 1.98. The van der Waals surface area contributed by atoms with Gasteiger partial charge in [0.15, 0.2) is 0 Å². The van der Waals surface area contributed by atoms with Crippen molar-refractivity contribution in [3.05, 3.63) is 48.3 Å². The van der Waals surface area contributed by atoms with Gasteiger partial charge in [0.1, 0.15) is 11.6 Å². The number of piperazine rings is 1. The molecule has 0 aliphatic carbocycles. The highest BCUT2D eigenvalue weighted by Crippen LogP contribution is 2.20. The van der Waals surface area contributed by atoms with Gasteiger partial charge in [0, 0.05) is 57.7 Å². The zero-order valence-corrected chi connectivity index (χ0v) is 13.7. The maximum absolute atomic E-state index is 13.2. The number of anilines is 1. The summed E-state index contributed by atoms with van der Waals surface area (Å²) in [5.41, 5.74) is 0.487. The summed E-state index contributed by atoms with van der Waals surface area (Å²) in [6.07, 6.45) is 4.08. The van der Waals surface area contributed by atoms with Gasteiger partial charge >= 0.3 is 0 Å². The molecule has 128 valence electrons. The van der Waals surface area contributed by atoms with Crippen LogP contribution in [0.1, 0.15) is 18.3 Å². The Hall–Kier alpha value is -2.25. The molecule has 1 aromatic heterocycles. The standard InChI is InChI=1S/C17H22FN5O/c1-22-9-7-20-17(22)15-12-19-6-10-23(15)8-5-16(24)21-14-4-2-3-13(18)11-14/h2-4,7,9,11,15,19H,5-6,8,10,12H2,1H3,(H,21,24). The highest BCUT2D eigenvalue weighted by molar-refractivity contribution is 5.90. The summed E-state index contributed by atoms with van der Waals surface area (Å²) in [5.74, 6) is 0.523. The number of amides is 1. The largest absolute Gasteiger partial charge is 0.337 e. The molecule has 7 heteroatoms. The van der Waals surface area contributed by atoms with E-state index in [1.165, 1.54) is 12.1 Å². The molecule has 1 atom stereocenters. The number of halogens is 1. The number of hydrogen-bond donors (Lipinski definition) is 2. The zero-order chi connectivity index (χ0) is 16.9. The Balaban J connectivity index is 1.58. The molecule has 0 spiro atoms. The Morgan fingerprint density at radius 2 is 2.38 bits per heavy atom. The van der Waals surface area contributed by atoms with Crippen LogP contribution in [0.3, 0.4) is 0 Å². The van der Waals surface area contributed by atoms with E-state index in [0.717, 1.165) is 25.5 Å². The fraction of sp³-hybridized carbons (Fsp3) is 0.412. The van der Waals surface area contributed by atoms with Gasteiger partial charge in [-0.3, -0.25) is 9.69 Å². The van der Waals surface area contributed by atoms with Crippen LogP contribution in [0.4, 0.5) is 10.1 Å². The Morgan fingerprint density at radius 3 is 3.12 bits per heavy atom. The Labute approximate surface area is 140 Å². The van der Waals surface area contributed by atoms with Crippen LogP contribution in [0.2, 0.25) is 0 Å². The number of nitrogens with zero attached hydrogens (tertiary/aromatic N) is 3. The van der Waals surface area contributed by atoms with Crippen LogP contribution >= 0.6 is 0 Å². The molecule has 1 saturated heterocycles. The van der Waals surface area contributed by atoms with Crippen molar-refractivity contribution in [2.75, 3.05) is 31.5 Å². The smallest absolute Gasteiger partial charge is 0.225 e. The average molecular weight is 331 g/mol. The lowest BCUT2D eigenvalue weighted by atomic mass is 10.1. The van der Waals surface area contributed by atoms with Crippen LogP contribution < -0.4 is 10.6 Å². The first-order chi connectivity index (χ1) is 11.6. The van der Waals surface area contributed by atoms with Gasteiger partial charge in [-0.05, 0) is 18.2 Å². The number of rotatable bonds is 5. The van der Waals surface area contributed by atoms with Crippen LogP contribution in [0, 0.1) is 5.82 Å². The molecular formula is C17H22FN5O. The Kier molecular flexibility index (Phi) is 5.22. The highest BCUT2D eigenvalue weighted by Gasteiger charge is 2.26.